The molecule has 96 valence electrons. The molecule has 0 radical (unpaired) electrons. The Morgan fingerprint density at radius 3 is 2.25 bits per heavy atom. The zero-order chi connectivity index (χ0) is 12.8. The van der Waals surface area contributed by atoms with Crippen LogP contribution in [-0.2, 0) is 4.79 Å². The molecule has 0 fully saturated rings. The van der Waals surface area contributed by atoms with Gasteiger partial charge in [0.15, 0.2) is 0 Å². The van der Waals surface area contributed by atoms with Gasteiger partial charge in [0.25, 0.3) is 0 Å². The Labute approximate surface area is 100 Å². The van der Waals surface area contributed by atoms with Crippen LogP contribution in [-0.4, -0.2) is 24.5 Å². The van der Waals surface area contributed by atoms with Crippen molar-refractivity contribution in [2.45, 2.75) is 66.5 Å². The van der Waals surface area contributed by atoms with Crippen molar-refractivity contribution in [1.29, 1.82) is 0 Å². The van der Waals surface area contributed by atoms with Crippen LogP contribution in [0.5, 0.6) is 0 Å². The van der Waals surface area contributed by atoms with Crippen LogP contribution in [0.3, 0.4) is 0 Å². The highest BCUT2D eigenvalue weighted by molar-refractivity contribution is 5.76. The first-order chi connectivity index (χ1) is 7.27. The van der Waals surface area contributed by atoms with E-state index < -0.39 is 0 Å². The maximum Gasteiger partial charge on any atom is 0.221 e. The molecule has 3 nitrogen and oxygen atoms in total. The highest BCUT2D eigenvalue weighted by Crippen LogP contribution is 2.18. The lowest BCUT2D eigenvalue weighted by atomic mass is 9.88. The van der Waals surface area contributed by atoms with Crippen molar-refractivity contribution in [3.63, 3.8) is 0 Å². The summed E-state index contributed by atoms with van der Waals surface area (Å²) in [5.41, 5.74) is 0.243. The number of carbonyl (C=O) groups excluding carboxylic acids is 1. The molecule has 2 N–H and O–H groups in total. The summed E-state index contributed by atoms with van der Waals surface area (Å²) in [7, 11) is 0. The van der Waals surface area contributed by atoms with Gasteiger partial charge in [-0.2, -0.15) is 0 Å². The van der Waals surface area contributed by atoms with Crippen molar-refractivity contribution < 1.29 is 4.79 Å². The van der Waals surface area contributed by atoms with Crippen LogP contribution < -0.4 is 10.6 Å². The molecule has 0 aliphatic rings. The van der Waals surface area contributed by atoms with E-state index in [-0.39, 0.29) is 17.4 Å². The van der Waals surface area contributed by atoms with E-state index in [1.807, 2.05) is 6.92 Å². The van der Waals surface area contributed by atoms with Crippen molar-refractivity contribution in [2.24, 2.45) is 5.41 Å². The predicted octanol–water partition coefficient (Wildman–Crippen LogP) is 2.32. The zero-order valence-corrected chi connectivity index (χ0v) is 11.7. The second-order valence-corrected chi connectivity index (χ2v) is 5.67. The van der Waals surface area contributed by atoms with Gasteiger partial charge in [-0.25, -0.2) is 0 Å². The lowest BCUT2D eigenvalue weighted by molar-refractivity contribution is -0.121. The summed E-state index contributed by atoms with van der Waals surface area (Å²) >= 11 is 0. The second kappa shape index (κ2) is 6.89. The summed E-state index contributed by atoms with van der Waals surface area (Å²) in [5.74, 6) is 0.142. The molecule has 16 heavy (non-hydrogen) atoms. The Kier molecular flexibility index (Phi) is 6.65. The Morgan fingerprint density at radius 2 is 1.81 bits per heavy atom. The molecule has 0 aromatic rings. The van der Waals surface area contributed by atoms with Crippen molar-refractivity contribution in [3.05, 3.63) is 0 Å². The summed E-state index contributed by atoms with van der Waals surface area (Å²) < 4.78 is 0. The van der Waals surface area contributed by atoms with Gasteiger partial charge in [0.05, 0.1) is 0 Å². The third kappa shape index (κ3) is 6.83. The molecule has 0 bridgehead atoms. The lowest BCUT2D eigenvalue weighted by Gasteiger charge is -2.28. The van der Waals surface area contributed by atoms with E-state index >= 15 is 0 Å². The third-order valence-electron chi connectivity index (χ3n) is 3.12. The molecular formula is C13H28N2O. The highest BCUT2D eigenvalue weighted by Gasteiger charge is 2.19. The Morgan fingerprint density at radius 1 is 1.25 bits per heavy atom. The molecule has 0 heterocycles. The third-order valence-corrected chi connectivity index (χ3v) is 3.12. The van der Waals surface area contributed by atoms with E-state index in [1.54, 1.807) is 0 Å². The van der Waals surface area contributed by atoms with Crippen LogP contribution in [0.2, 0.25) is 0 Å². The molecule has 0 saturated heterocycles. The minimum absolute atomic E-state index is 0.142. The average Bonchev–Trinajstić information content (AvgIpc) is 2.15. The maximum absolute atomic E-state index is 11.5. The van der Waals surface area contributed by atoms with Gasteiger partial charge < -0.3 is 10.6 Å². The lowest BCUT2D eigenvalue weighted by Crippen LogP contribution is -2.40. The van der Waals surface area contributed by atoms with E-state index in [9.17, 15) is 4.79 Å². The number of amides is 1. The number of hydrogen-bond acceptors (Lipinski definition) is 2. The molecule has 0 unspecified atom stereocenters. The summed E-state index contributed by atoms with van der Waals surface area (Å²) in [6.07, 6.45) is 1.54. The largest absolute Gasteiger partial charge is 0.354 e. The van der Waals surface area contributed by atoms with Gasteiger partial charge in [-0.05, 0) is 25.7 Å². The smallest absolute Gasteiger partial charge is 0.221 e. The van der Waals surface area contributed by atoms with Gasteiger partial charge in [-0.1, -0.05) is 27.7 Å². The Bertz CT molecular complexity index is 208. The highest BCUT2D eigenvalue weighted by atomic mass is 16.1. The first-order valence-electron chi connectivity index (χ1n) is 6.30. The second-order valence-electron chi connectivity index (χ2n) is 5.67. The van der Waals surface area contributed by atoms with Gasteiger partial charge >= 0.3 is 0 Å². The van der Waals surface area contributed by atoms with Gasteiger partial charge in [0.2, 0.25) is 5.91 Å². The van der Waals surface area contributed by atoms with Gasteiger partial charge in [-0.15, -0.1) is 0 Å². The Balaban J connectivity index is 3.70. The summed E-state index contributed by atoms with van der Waals surface area (Å²) in [6.45, 7) is 13.6. The fourth-order valence-electron chi connectivity index (χ4n) is 1.16. The summed E-state index contributed by atoms with van der Waals surface area (Å²) in [5, 5.41) is 6.35. The molecule has 0 aliphatic heterocycles. The standard InChI is InChI=1S/C13H28N2O/c1-7-10(2)15-12(16)8-9-14-11(3)13(4,5)6/h10-11,14H,7-9H2,1-6H3,(H,15,16)/t10-,11-/m1/s1. The summed E-state index contributed by atoms with van der Waals surface area (Å²) in [4.78, 5) is 11.5. The zero-order valence-electron chi connectivity index (χ0n) is 11.7. The number of rotatable bonds is 6. The van der Waals surface area contributed by atoms with E-state index in [2.05, 4.69) is 45.3 Å². The Hall–Kier alpha value is -0.570. The molecule has 0 spiro atoms. The minimum atomic E-state index is 0.142. The molecule has 0 aromatic carbocycles. The fraction of sp³-hybridized carbons (Fsp3) is 0.923. The summed E-state index contributed by atoms with van der Waals surface area (Å²) in [6, 6.07) is 0.705. The number of nitrogens with one attached hydrogen (secondary N) is 2. The van der Waals surface area contributed by atoms with Crippen molar-refractivity contribution >= 4 is 5.91 Å². The molecule has 0 saturated carbocycles. The molecule has 0 rings (SSSR count). The van der Waals surface area contributed by atoms with Crippen molar-refractivity contribution in [1.82, 2.24) is 10.6 Å². The van der Waals surface area contributed by atoms with E-state index in [0.29, 0.717) is 12.5 Å². The molecule has 0 aliphatic carbocycles. The normalized spacial score (nSPS) is 15.6. The van der Waals surface area contributed by atoms with E-state index in [1.165, 1.54) is 0 Å². The molecule has 0 aromatic heterocycles. The molecule has 2 atom stereocenters. The quantitative estimate of drug-likeness (QED) is 0.732. The number of hydrogen-bond donors (Lipinski definition) is 2. The first kappa shape index (κ1) is 15.4. The van der Waals surface area contributed by atoms with Crippen molar-refractivity contribution in [2.75, 3.05) is 6.54 Å². The predicted molar refractivity (Wildman–Crippen MR) is 69.4 cm³/mol. The van der Waals surface area contributed by atoms with Crippen LogP contribution in [0.25, 0.3) is 0 Å². The molecule has 1 amide bonds. The SMILES string of the molecule is CC[C@@H](C)NC(=O)CCN[C@H](C)C(C)(C)C. The minimum Gasteiger partial charge on any atom is -0.354 e. The van der Waals surface area contributed by atoms with Crippen LogP contribution in [0.1, 0.15) is 54.4 Å². The number of carbonyl (C=O) groups is 1. The van der Waals surface area contributed by atoms with Crippen LogP contribution in [0, 0.1) is 5.41 Å². The van der Waals surface area contributed by atoms with Crippen LogP contribution in [0.4, 0.5) is 0 Å². The van der Waals surface area contributed by atoms with E-state index in [0.717, 1.165) is 13.0 Å². The van der Waals surface area contributed by atoms with Gasteiger partial charge in [0.1, 0.15) is 0 Å². The van der Waals surface area contributed by atoms with Gasteiger partial charge in [0, 0.05) is 25.0 Å². The topological polar surface area (TPSA) is 41.1 Å². The van der Waals surface area contributed by atoms with Crippen LogP contribution in [0.15, 0.2) is 0 Å². The van der Waals surface area contributed by atoms with Crippen LogP contribution >= 0.6 is 0 Å². The van der Waals surface area contributed by atoms with Crippen molar-refractivity contribution in [3.8, 4) is 0 Å². The fourth-order valence-corrected chi connectivity index (χ4v) is 1.16. The molecule has 3 heteroatoms. The van der Waals surface area contributed by atoms with E-state index in [4.69, 9.17) is 0 Å². The molecular weight excluding hydrogens is 200 g/mol. The average molecular weight is 228 g/mol. The maximum atomic E-state index is 11.5. The monoisotopic (exact) mass is 228 g/mol. The first-order valence-corrected chi connectivity index (χ1v) is 6.30. The van der Waals surface area contributed by atoms with Gasteiger partial charge in [-0.3, -0.25) is 4.79 Å².